The molecule has 130 valence electrons. The quantitative estimate of drug-likeness (QED) is 0.259. The van der Waals surface area contributed by atoms with Crippen LogP contribution in [0.3, 0.4) is 0 Å². The van der Waals surface area contributed by atoms with Crippen LogP contribution in [0, 0.1) is 0 Å². The minimum atomic E-state index is 1.24. The summed E-state index contributed by atoms with van der Waals surface area (Å²) in [5.74, 6) is 0. The summed E-state index contributed by atoms with van der Waals surface area (Å²) in [5, 5.41) is 14.2. The van der Waals surface area contributed by atoms with Gasteiger partial charge in [0.25, 0.3) is 0 Å². The van der Waals surface area contributed by atoms with E-state index >= 15 is 0 Å². The molecule has 1 N–H and O–H groups in total. The van der Waals surface area contributed by atoms with Gasteiger partial charge in [0.15, 0.2) is 0 Å². The van der Waals surface area contributed by atoms with Crippen LogP contribution in [0.5, 0.6) is 0 Å². The minimum absolute atomic E-state index is 1.24. The summed E-state index contributed by atoms with van der Waals surface area (Å²) < 4.78 is 1.38. The molecule has 0 bridgehead atoms. The van der Waals surface area contributed by atoms with Gasteiger partial charge in [0.2, 0.25) is 0 Å². The van der Waals surface area contributed by atoms with Crippen molar-refractivity contribution in [2.75, 3.05) is 0 Å². The van der Waals surface area contributed by atoms with Crippen molar-refractivity contribution in [1.82, 2.24) is 4.98 Å². The van der Waals surface area contributed by atoms with E-state index in [2.05, 4.69) is 89.2 Å². The first-order chi connectivity index (χ1) is 13.9. The highest BCUT2D eigenvalue weighted by Crippen LogP contribution is 2.45. The summed E-state index contributed by atoms with van der Waals surface area (Å²) in [6.45, 7) is 0. The van der Waals surface area contributed by atoms with Crippen molar-refractivity contribution < 1.29 is 0 Å². The van der Waals surface area contributed by atoms with Gasteiger partial charge in [-0.2, -0.15) is 0 Å². The van der Waals surface area contributed by atoms with Gasteiger partial charge >= 0.3 is 0 Å². The Morgan fingerprint density at radius 1 is 0.464 bits per heavy atom. The van der Waals surface area contributed by atoms with Crippen molar-refractivity contribution in [1.29, 1.82) is 0 Å². The summed E-state index contributed by atoms with van der Waals surface area (Å²) in [7, 11) is 0. The minimum Gasteiger partial charge on any atom is -0.353 e. The molecule has 0 radical (unpaired) electrons. The van der Waals surface area contributed by atoms with Crippen molar-refractivity contribution in [3.63, 3.8) is 0 Å². The molecule has 0 spiro atoms. The number of fused-ring (bicyclic) bond motifs is 13. The maximum Gasteiger partial charge on any atom is 0.0552 e. The molecule has 0 fully saturated rings. The molecule has 7 rings (SSSR count). The predicted octanol–water partition coefficient (Wildman–Crippen LogP) is 8.00. The largest absolute Gasteiger partial charge is 0.353 e. The van der Waals surface area contributed by atoms with Crippen LogP contribution >= 0.6 is 11.3 Å². The maximum atomic E-state index is 3.84. The molecule has 0 atom stereocenters. The van der Waals surface area contributed by atoms with Gasteiger partial charge in [-0.15, -0.1) is 11.3 Å². The highest BCUT2D eigenvalue weighted by Gasteiger charge is 2.18. The fraction of sp³-hybridized carbons (Fsp3) is 0. The first-order valence-electron chi connectivity index (χ1n) is 9.54. The summed E-state index contributed by atoms with van der Waals surface area (Å²) in [6, 6.07) is 28.6. The summed E-state index contributed by atoms with van der Waals surface area (Å²) in [5.41, 5.74) is 2.49. The molecule has 7 aromatic rings. The van der Waals surface area contributed by atoms with E-state index in [9.17, 15) is 0 Å². The number of aromatic nitrogens is 1. The van der Waals surface area contributed by atoms with Gasteiger partial charge in [0.05, 0.1) is 11.0 Å². The van der Waals surface area contributed by atoms with Gasteiger partial charge in [-0.3, -0.25) is 0 Å². The fourth-order valence-electron chi connectivity index (χ4n) is 4.93. The molecule has 2 heteroatoms. The molecule has 0 aliphatic carbocycles. The second-order valence-corrected chi connectivity index (χ2v) is 8.34. The van der Waals surface area contributed by atoms with Gasteiger partial charge in [-0.1, -0.05) is 72.8 Å². The normalized spacial score (nSPS) is 12.3. The zero-order valence-electron chi connectivity index (χ0n) is 15.0. The number of rotatable bonds is 0. The molecule has 28 heavy (non-hydrogen) atoms. The SMILES string of the molecule is c1ccc2c(c1)c1ccccc1c1c2[nH]c2c3ccccc3c3sccc3c21. The van der Waals surface area contributed by atoms with Crippen LogP contribution in [0.2, 0.25) is 0 Å². The van der Waals surface area contributed by atoms with Crippen molar-refractivity contribution in [3.05, 3.63) is 84.2 Å². The van der Waals surface area contributed by atoms with Crippen molar-refractivity contribution in [2.24, 2.45) is 0 Å². The zero-order valence-corrected chi connectivity index (χ0v) is 15.8. The third kappa shape index (κ3) is 1.67. The second-order valence-electron chi connectivity index (χ2n) is 7.43. The molecule has 2 aromatic heterocycles. The number of nitrogens with one attached hydrogen (secondary N) is 1. The van der Waals surface area contributed by atoms with E-state index < -0.39 is 0 Å². The van der Waals surface area contributed by atoms with Crippen LogP contribution in [0.25, 0.3) is 64.2 Å². The molecule has 5 aromatic carbocycles. The van der Waals surface area contributed by atoms with E-state index in [-0.39, 0.29) is 0 Å². The predicted molar refractivity (Wildman–Crippen MR) is 124 cm³/mol. The first kappa shape index (κ1) is 14.7. The van der Waals surface area contributed by atoms with E-state index in [4.69, 9.17) is 0 Å². The number of hydrogen-bond acceptors (Lipinski definition) is 1. The van der Waals surface area contributed by atoms with Crippen LogP contribution in [0.4, 0.5) is 0 Å². The Bertz CT molecular complexity index is 1720. The fourth-order valence-corrected chi connectivity index (χ4v) is 5.87. The lowest BCUT2D eigenvalue weighted by Gasteiger charge is -2.07. The topological polar surface area (TPSA) is 15.8 Å². The van der Waals surface area contributed by atoms with Crippen LogP contribution in [-0.4, -0.2) is 4.98 Å². The van der Waals surface area contributed by atoms with Crippen LogP contribution in [-0.2, 0) is 0 Å². The average molecular weight is 373 g/mol. The molecular weight excluding hydrogens is 358 g/mol. The molecule has 0 amide bonds. The lowest BCUT2D eigenvalue weighted by Crippen LogP contribution is -1.80. The van der Waals surface area contributed by atoms with Crippen molar-refractivity contribution in [2.45, 2.75) is 0 Å². The Morgan fingerprint density at radius 2 is 0.964 bits per heavy atom. The highest BCUT2D eigenvalue weighted by molar-refractivity contribution is 7.18. The molecule has 1 nitrogen and oxygen atoms in total. The number of H-pyrrole nitrogens is 1. The van der Waals surface area contributed by atoms with Gasteiger partial charge < -0.3 is 4.98 Å². The first-order valence-corrected chi connectivity index (χ1v) is 10.4. The molecule has 0 saturated carbocycles. The summed E-state index contributed by atoms with van der Waals surface area (Å²) in [6.07, 6.45) is 0. The average Bonchev–Trinajstić information content (AvgIpc) is 3.39. The van der Waals surface area contributed by atoms with Crippen LogP contribution in [0.1, 0.15) is 0 Å². The van der Waals surface area contributed by atoms with E-state index in [1.165, 1.54) is 64.2 Å². The lowest BCUT2D eigenvalue weighted by molar-refractivity contribution is 1.59. The van der Waals surface area contributed by atoms with E-state index in [0.717, 1.165) is 0 Å². The van der Waals surface area contributed by atoms with Crippen LogP contribution in [0.15, 0.2) is 84.2 Å². The Balaban J connectivity index is 1.94. The molecule has 0 aliphatic rings. The van der Waals surface area contributed by atoms with Crippen molar-refractivity contribution >= 4 is 75.5 Å². The van der Waals surface area contributed by atoms with Gasteiger partial charge in [0, 0.05) is 37.0 Å². The van der Waals surface area contributed by atoms with Gasteiger partial charge in [-0.25, -0.2) is 0 Å². The maximum absolute atomic E-state index is 3.84. The third-order valence-electron chi connectivity index (χ3n) is 6.06. The van der Waals surface area contributed by atoms with Gasteiger partial charge in [0.1, 0.15) is 0 Å². The summed E-state index contributed by atoms with van der Waals surface area (Å²) in [4.78, 5) is 3.84. The number of hydrogen-bond donors (Lipinski definition) is 1. The third-order valence-corrected chi connectivity index (χ3v) is 7.01. The lowest BCUT2D eigenvalue weighted by atomic mass is 9.95. The standard InChI is InChI=1S/C26H15NS/c1-3-9-17-15(7-1)16-8-2-4-10-18(16)24-22(17)23-21-13-14-28-26(21)20-12-6-5-11-19(20)25(23)27-24/h1-14,27H. The Morgan fingerprint density at radius 3 is 1.68 bits per heavy atom. The van der Waals surface area contributed by atoms with E-state index in [1.54, 1.807) is 0 Å². The van der Waals surface area contributed by atoms with Crippen LogP contribution < -0.4 is 0 Å². The number of thiophene rings is 1. The number of aromatic amines is 1. The monoisotopic (exact) mass is 373 g/mol. The Kier molecular flexibility index (Phi) is 2.68. The molecule has 0 saturated heterocycles. The summed E-state index contributed by atoms with van der Waals surface area (Å²) >= 11 is 1.84. The Hall–Kier alpha value is -3.36. The second kappa shape index (κ2) is 5.12. The highest BCUT2D eigenvalue weighted by atomic mass is 32.1. The van der Waals surface area contributed by atoms with E-state index in [0.29, 0.717) is 0 Å². The molecular formula is C26H15NS. The smallest absolute Gasteiger partial charge is 0.0552 e. The number of benzene rings is 5. The van der Waals surface area contributed by atoms with Crippen molar-refractivity contribution in [3.8, 4) is 0 Å². The molecule has 2 heterocycles. The van der Waals surface area contributed by atoms with E-state index in [1.807, 2.05) is 11.3 Å². The molecule has 0 aliphatic heterocycles. The zero-order chi connectivity index (χ0) is 18.2. The van der Waals surface area contributed by atoms with Gasteiger partial charge in [-0.05, 0) is 27.6 Å². The molecule has 0 unspecified atom stereocenters. The Labute approximate surface area is 164 Å².